The number of alkyl halides is 2. The molecule has 0 aliphatic carbocycles. The van der Waals surface area contributed by atoms with Gasteiger partial charge >= 0.3 is 0 Å². The van der Waals surface area contributed by atoms with Crippen LogP contribution >= 0.6 is 34.5 Å². The Morgan fingerprint density at radius 1 is 1.23 bits per heavy atom. The van der Waals surface area contributed by atoms with Gasteiger partial charge in [-0.05, 0) is 48.9 Å². The Morgan fingerprint density at radius 3 is 2.50 bits per heavy atom. The van der Waals surface area contributed by atoms with Crippen LogP contribution in [0.1, 0.15) is 27.3 Å². The van der Waals surface area contributed by atoms with Crippen molar-refractivity contribution in [1.29, 1.82) is 0 Å². The second-order valence-corrected chi connectivity index (χ2v) is 8.51. The molecule has 0 unspecified atom stereocenters. The molecule has 0 saturated heterocycles. The van der Waals surface area contributed by atoms with E-state index in [0.29, 0.717) is 6.42 Å². The van der Waals surface area contributed by atoms with Crippen LogP contribution in [-0.4, -0.2) is 15.0 Å². The van der Waals surface area contributed by atoms with Gasteiger partial charge in [-0.15, -0.1) is 11.3 Å². The third-order valence-corrected chi connectivity index (χ3v) is 6.15. The lowest BCUT2D eigenvalue weighted by atomic mass is 10.2. The van der Waals surface area contributed by atoms with E-state index >= 15 is 0 Å². The Morgan fingerprint density at radius 2 is 1.91 bits per heavy atom. The minimum atomic E-state index is -3.68. The Bertz CT molecular complexity index is 707. The summed E-state index contributed by atoms with van der Waals surface area (Å²) in [6, 6.07) is 8.54. The van der Waals surface area contributed by atoms with Gasteiger partial charge in [0.05, 0.1) is 11.5 Å². The fraction of sp³-hybridized carbons (Fsp3) is 0.333. The zero-order chi connectivity index (χ0) is 16.2. The summed E-state index contributed by atoms with van der Waals surface area (Å²) in [6.45, 7) is 2.05. The fourth-order valence-corrected chi connectivity index (χ4v) is 4.03. The molecule has 3 nitrogen and oxygen atoms in total. The van der Waals surface area contributed by atoms with Gasteiger partial charge in [-0.3, -0.25) is 4.18 Å². The van der Waals surface area contributed by atoms with Crippen LogP contribution in [-0.2, 0) is 20.7 Å². The summed E-state index contributed by atoms with van der Waals surface area (Å²) < 4.78 is 29.0. The van der Waals surface area contributed by atoms with Crippen molar-refractivity contribution in [3.63, 3.8) is 0 Å². The molecular weight excluding hydrogens is 363 g/mol. The van der Waals surface area contributed by atoms with Gasteiger partial charge in [0.25, 0.3) is 10.1 Å². The van der Waals surface area contributed by atoms with E-state index in [4.69, 9.17) is 27.4 Å². The van der Waals surface area contributed by atoms with Gasteiger partial charge in [0.2, 0.25) is 0 Å². The molecule has 0 N–H and O–H groups in total. The largest absolute Gasteiger partial charge is 0.296 e. The number of rotatable bonds is 7. The third-order valence-electron chi connectivity index (χ3n) is 3.05. The average Bonchev–Trinajstić information content (AvgIpc) is 2.93. The van der Waals surface area contributed by atoms with Crippen molar-refractivity contribution in [2.45, 2.75) is 29.5 Å². The summed E-state index contributed by atoms with van der Waals surface area (Å²) in [5.41, 5.74) is 2.09. The molecule has 7 heteroatoms. The number of benzene rings is 1. The van der Waals surface area contributed by atoms with Crippen LogP contribution in [0.25, 0.3) is 0 Å². The van der Waals surface area contributed by atoms with E-state index in [2.05, 4.69) is 0 Å². The zero-order valence-corrected chi connectivity index (χ0v) is 15.1. The maximum absolute atomic E-state index is 12.0. The highest BCUT2D eigenvalue weighted by atomic mass is 35.5. The van der Waals surface area contributed by atoms with Crippen LogP contribution in [0.3, 0.4) is 0 Å². The summed E-state index contributed by atoms with van der Waals surface area (Å²) in [7, 11) is -3.68. The van der Waals surface area contributed by atoms with Gasteiger partial charge < -0.3 is 0 Å². The highest BCUT2D eigenvalue weighted by molar-refractivity contribution is 7.86. The molecule has 0 bridgehead atoms. The highest BCUT2D eigenvalue weighted by Gasteiger charge is 2.14. The Labute approximate surface area is 145 Å². The van der Waals surface area contributed by atoms with E-state index in [9.17, 15) is 8.42 Å². The first-order chi connectivity index (χ1) is 10.4. The van der Waals surface area contributed by atoms with Crippen molar-refractivity contribution in [2.75, 3.05) is 6.61 Å². The number of halogens is 2. The lowest BCUT2D eigenvalue weighted by Gasteiger charge is -2.05. The molecule has 0 amide bonds. The number of hydrogen-bond donors (Lipinski definition) is 0. The lowest BCUT2D eigenvalue weighted by Crippen LogP contribution is -2.08. The van der Waals surface area contributed by atoms with Gasteiger partial charge in [-0.1, -0.05) is 40.9 Å². The van der Waals surface area contributed by atoms with Crippen LogP contribution in [0, 0.1) is 6.92 Å². The van der Waals surface area contributed by atoms with E-state index < -0.39 is 15.0 Å². The summed E-state index contributed by atoms with van der Waals surface area (Å²) in [5.74, 6) is 0. The molecule has 0 aliphatic rings. The predicted octanol–water partition coefficient (Wildman–Crippen LogP) is 4.87. The minimum absolute atomic E-state index is 0.145. The van der Waals surface area contributed by atoms with Crippen molar-refractivity contribution < 1.29 is 12.6 Å². The molecule has 0 aliphatic heterocycles. The summed E-state index contributed by atoms with van der Waals surface area (Å²) in [4.78, 5) is 0.562. The molecule has 2 aromatic rings. The van der Waals surface area contributed by atoms with Crippen LogP contribution in [0.2, 0.25) is 0 Å². The monoisotopic (exact) mass is 378 g/mol. The quantitative estimate of drug-likeness (QED) is 0.392. The topological polar surface area (TPSA) is 43.4 Å². The molecule has 0 fully saturated rings. The van der Waals surface area contributed by atoms with Crippen molar-refractivity contribution >= 4 is 44.7 Å². The standard InChI is InChI=1S/C15H16Cl2O3S2/c1-11-4-6-13(7-5-11)22(18,19)20-8-2-3-12-9-14(15(16)17)21-10-12/h4-7,9-10,15H,2-3,8H2,1H3. The van der Waals surface area contributed by atoms with Crippen molar-refractivity contribution in [3.05, 3.63) is 51.7 Å². The van der Waals surface area contributed by atoms with Crippen LogP contribution in [0.15, 0.2) is 40.6 Å². The molecule has 0 radical (unpaired) electrons. The molecule has 1 aromatic heterocycles. The van der Waals surface area contributed by atoms with Gasteiger partial charge in [0, 0.05) is 4.88 Å². The van der Waals surface area contributed by atoms with Gasteiger partial charge in [-0.25, -0.2) is 0 Å². The van der Waals surface area contributed by atoms with Crippen molar-refractivity contribution in [1.82, 2.24) is 0 Å². The third kappa shape index (κ3) is 4.96. The van der Waals surface area contributed by atoms with E-state index in [-0.39, 0.29) is 11.5 Å². The van der Waals surface area contributed by atoms with Gasteiger partial charge in [-0.2, -0.15) is 8.42 Å². The summed E-state index contributed by atoms with van der Waals surface area (Å²) in [5, 5.41) is 1.97. The number of aryl methyl sites for hydroxylation is 2. The average molecular weight is 379 g/mol. The molecule has 1 heterocycles. The molecule has 2 rings (SSSR count). The van der Waals surface area contributed by atoms with Crippen LogP contribution < -0.4 is 0 Å². The number of hydrogen-bond acceptors (Lipinski definition) is 4. The maximum Gasteiger partial charge on any atom is 0.296 e. The first-order valence-corrected chi connectivity index (χ1v) is 9.86. The number of thiophene rings is 1. The van der Waals surface area contributed by atoms with Crippen molar-refractivity contribution in [2.24, 2.45) is 0 Å². The first-order valence-electron chi connectivity index (χ1n) is 6.70. The smallest absolute Gasteiger partial charge is 0.266 e. The van der Waals surface area contributed by atoms with Crippen LogP contribution in [0.4, 0.5) is 0 Å². The molecule has 22 heavy (non-hydrogen) atoms. The molecule has 0 saturated carbocycles. The SMILES string of the molecule is Cc1ccc(S(=O)(=O)OCCCc2csc(C(Cl)Cl)c2)cc1. The zero-order valence-electron chi connectivity index (χ0n) is 12.0. The van der Waals surface area contributed by atoms with E-state index in [1.165, 1.54) is 11.3 Å². The summed E-state index contributed by atoms with van der Waals surface area (Å²) in [6.07, 6.45) is 1.33. The minimum Gasteiger partial charge on any atom is -0.266 e. The summed E-state index contributed by atoms with van der Waals surface area (Å²) >= 11 is 13.1. The molecule has 1 aromatic carbocycles. The first kappa shape index (κ1) is 17.8. The molecular formula is C15H16Cl2O3S2. The fourth-order valence-electron chi connectivity index (χ4n) is 1.86. The maximum atomic E-state index is 12.0. The second-order valence-electron chi connectivity index (χ2n) is 4.85. The Hall–Kier alpha value is -0.590. The molecule has 0 spiro atoms. The Balaban J connectivity index is 1.83. The predicted molar refractivity (Wildman–Crippen MR) is 91.4 cm³/mol. The van der Waals surface area contributed by atoms with E-state index in [0.717, 1.165) is 22.4 Å². The molecule has 0 atom stereocenters. The second kappa shape index (κ2) is 7.79. The highest BCUT2D eigenvalue weighted by Crippen LogP contribution is 2.30. The van der Waals surface area contributed by atoms with E-state index in [1.807, 2.05) is 18.4 Å². The van der Waals surface area contributed by atoms with Gasteiger partial charge in [0.1, 0.15) is 4.84 Å². The van der Waals surface area contributed by atoms with Crippen LogP contribution in [0.5, 0.6) is 0 Å². The normalized spacial score (nSPS) is 12.0. The van der Waals surface area contributed by atoms with E-state index in [1.54, 1.807) is 24.3 Å². The van der Waals surface area contributed by atoms with Gasteiger partial charge in [0.15, 0.2) is 0 Å². The van der Waals surface area contributed by atoms with Crippen molar-refractivity contribution in [3.8, 4) is 0 Å². The molecule has 120 valence electrons. The Kier molecular flexibility index (Phi) is 6.29. The lowest BCUT2D eigenvalue weighted by molar-refractivity contribution is 0.312.